The molecule has 5 heteroatoms. The van der Waals surface area contributed by atoms with Crippen LogP contribution in [-0.2, 0) is 11.3 Å². The summed E-state index contributed by atoms with van der Waals surface area (Å²) in [4.78, 5) is 11.3. The normalized spacial score (nSPS) is 11.4. The molecule has 19 heavy (non-hydrogen) atoms. The molecule has 0 radical (unpaired) electrons. The number of esters is 1. The Labute approximate surface area is 113 Å². The first kappa shape index (κ1) is 15.6. The van der Waals surface area contributed by atoms with Gasteiger partial charge in [0.2, 0.25) is 0 Å². The zero-order chi connectivity index (χ0) is 14.3. The second-order valence-electron chi connectivity index (χ2n) is 4.49. The van der Waals surface area contributed by atoms with Crippen LogP contribution in [0.2, 0.25) is 0 Å². The molecule has 0 aliphatic carbocycles. The van der Waals surface area contributed by atoms with Gasteiger partial charge in [-0.2, -0.15) is 0 Å². The lowest BCUT2D eigenvalue weighted by Crippen LogP contribution is -2.50. The topological polar surface area (TPSA) is 78.8 Å². The maximum atomic E-state index is 11.3. The summed E-state index contributed by atoms with van der Waals surface area (Å²) < 4.78 is 4.62. The third kappa shape index (κ3) is 4.02. The molecule has 0 amide bonds. The Morgan fingerprint density at radius 3 is 2.26 bits per heavy atom. The number of aliphatic hydroxyl groups is 2. The van der Waals surface area contributed by atoms with E-state index in [-0.39, 0.29) is 19.2 Å². The lowest BCUT2D eigenvalue weighted by molar-refractivity contribution is 0.0600. The third-order valence-corrected chi connectivity index (χ3v) is 3.32. The molecule has 0 aliphatic rings. The minimum atomic E-state index is -0.666. The highest BCUT2D eigenvalue weighted by Gasteiger charge is 2.25. The van der Waals surface area contributed by atoms with E-state index in [2.05, 4.69) is 10.1 Å². The quantitative estimate of drug-likeness (QED) is 0.634. The number of carbonyl (C=O) groups is 1. The summed E-state index contributed by atoms with van der Waals surface area (Å²) in [6.45, 7) is 2.16. The average molecular weight is 267 g/mol. The highest BCUT2D eigenvalue weighted by atomic mass is 16.5. The molecule has 0 bridgehead atoms. The van der Waals surface area contributed by atoms with E-state index < -0.39 is 5.54 Å². The number of rotatable bonds is 7. The van der Waals surface area contributed by atoms with Crippen molar-refractivity contribution in [1.82, 2.24) is 5.32 Å². The predicted octanol–water partition coefficient (Wildman–Crippen LogP) is 0.696. The number of nitrogens with one attached hydrogen (secondary N) is 1. The van der Waals surface area contributed by atoms with Gasteiger partial charge in [0, 0.05) is 6.54 Å². The molecule has 0 spiro atoms. The van der Waals surface area contributed by atoms with Crippen molar-refractivity contribution in [1.29, 1.82) is 0 Å². The number of carbonyl (C=O) groups excluding carboxylic acids is 1. The molecule has 0 saturated heterocycles. The van der Waals surface area contributed by atoms with Crippen LogP contribution in [0.1, 0.15) is 29.3 Å². The van der Waals surface area contributed by atoms with Crippen molar-refractivity contribution in [2.24, 2.45) is 0 Å². The fourth-order valence-electron chi connectivity index (χ4n) is 1.68. The summed E-state index contributed by atoms with van der Waals surface area (Å²) in [7, 11) is 1.34. The van der Waals surface area contributed by atoms with E-state index >= 15 is 0 Å². The van der Waals surface area contributed by atoms with Crippen molar-refractivity contribution in [2.75, 3.05) is 20.3 Å². The maximum Gasteiger partial charge on any atom is 0.337 e. The lowest BCUT2D eigenvalue weighted by Gasteiger charge is -2.29. The van der Waals surface area contributed by atoms with Gasteiger partial charge in [0.1, 0.15) is 0 Å². The molecule has 1 rings (SSSR count). The molecule has 0 fully saturated rings. The number of hydrogen-bond acceptors (Lipinski definition) is 5. The van der Waals surface area contributed by atoms with Gasteiger partial charge in [-0.25, -0.2) is 4.79 Å². The molecule has 5 nitrogen and oxygen atoms in total. The number of benzene rings is 1. The maximum absolute atomic E-state index is 11.3. The van der Waals surface area contributed by atoms with E-state index in [4.69, 9.17) is 0 Å². The van der Waals surface area contributed by atoms with E-state index in [1.54, 1.807) is 12.1 Å². The Kier molecular flexibility index (Phi) is 5.95. The Hall–Kier alpha value is -1.43. The lowest BCUT2D eigenvalue weighted by atomic mass is 9.98. The molecule has 0 aromatic heterocycles. The molecule has 106 valence electrons. The molecule has 3 N–H and O–H groups in total. The Morgan fingerprint density at radius 1 is 1.26 bits per heavy atom. The van der Waals surface area contributed by atoms with Crippen LogP contribution >= 0.6 is 0 Å². The third-order valence-electron chi connectivity index (χ3n) is 3.32. The van der Waals surface area contributed by atoms with Crippen molar-refractivity contribution in [3.8, 4) is 0 Å². The van der Waals surface area contributed by atoms with Crippen LogP contribution in [0.5, 0.6) is 0 Å². The minimum absolute atomic E-state index is 0.125. The van der Waals surface area contributed by atoms with Gasteiger partial charge in [-0.1, -0.05) is 19.1 Å². The molecule has 0 aliphatic heterocycles. The Bertz CT molecular complexity index is 390. The van der Waals surface area contributed by atoms with Crippen LogP contribution in [0, 0.1) is 0 Å². The minimum Gasteiger partial charge on any atom is -0.465 e. The van der Waals surface area contributed by atoms with E-state index in [1.165, 1.54) is 7.11 Å². The fraction of sp³-hybridized carbons (Fsp3) is 0.500. The first-order valence-corrected chi connectivity index (χ1v) is 6.25. The Balaban J connectivity index is 2.66. The van der Waals surface area contributed by atoms with Crippen molar-refractivity contribution < 1.29 is 19.7 Å². The van der Waals surface area contributed by atoms with E-state index in [1.807, 2.05) is 19.1 Å². The summed E-state index contributed by atoms with van der Waals surface area (Å²) >= 11 is 0. The largest absolute Gasteiger partial charge is 0.465 e. The van der Waals surface area contributed by atoms with Crippen molar-refractivity contribution in [3.63, 3.8) is 0 Å². The standard InChI is InChI=1S/C14H21NO4/c1-3-14(9-16,10-17)15-8-11-4-6-12(7-5-11)13(18)19-2/h4-7,15-17H,3,8-10H2,1-2H3. The second-order valence-corrected chi connectivity index (χ2v) is 4.49. The average Bonchev–Trinajstić information content (AvgIpc) is 2.49. The van der Waals surface area contributed by atoms with E-state index in [9.17, 15) is 15.0 Å². The number of ether oxygens (including phenoxy) is 1. The zero-order valence-corrected chi connectivity index (χ0v) is 11.3. The molecule has 0 atom stereocenters. The van der Waals surface area contributed by atoms with Gasteiger partial charge in [0.05, 0.1) is 31.4 Å². The second kappa shape index (κ2) is 7.23. The summed E-state index contributed by atoms with van der Waals surface area (Å²) in [5.41, 5.74) is 0.797. The van der Waals surface area contributed by atoms with Gasteiger partial charge in [-0.05, 0) is 24.1 Å². The van der Waals surface area contributed by atoms with Gasteiger partial charge in [0.15, 0.2) is 0 Å². The van der Waals surface area contributed by atoms with Gasteiger partial charge in [0.25, 0.3) is 0 Å². The smallest absolute Gasteiger partial charge is 0.337 e. The van der Waals surface area contributed by atoms with Gasteiger partial charge < -0.3 is 20.3 Å². The summed E-state index contributed by atoms with van der Waals surface area (Å²) in [6, 6.07) is 7.01. The fourth-order valence-corrected chi connectivity index (χ4v) is 1.68. The van der Waals surface area contributed by atoms with Crippen LogP contribution < -0.4 is 5.32 Å². The van der Waals surface area contributed by atoms with Crippen LogP contribution in [0.25, 0.3) is 0 Å². The summed E-state index contributed by atoms with van der Waals surface area (Å²) in [5, 5.41) is 21.8. The molecule has 0 unspecified atom stereocenters. The van der Waals surface area contributed by atoms with Crippen LogP contribution in [0.15, 0.2) is 24.3 Å². The highest BCUT2D eigenvalue weighted by Crippen LogP contribution is 2.11. The van der Waals surface area contributed by atoms with E-state index in [0.717, 1.165) is 5.56 Å². The van der Waals surface area contributed by atoms with Crippen molar-refractivity contribution in [3.05, 3.63) is 35.4 Å². The number of hydrogen-bond donors (Lipinski definition) is 3. The molecule has 1 aromatic rings. The molecule has 0 saturated carbocycles. The van der Waals surface area contributed by atoms with Crippen LogP contribution in [0.3, 0.4) is 0 Å². The Morgan fingerprint density at radius 2 is 1.84 bits per heavy atom. The van der Waals surface area contributed by atoms with Crippen LogP contribution in [-0.4, -0.2) is 42.0 Å². The van der Waals surface area contributed by atoms with E-state index in [0.29, 0.717) is 18.5 Å². The molecule has 1 aromatic carbocycles. The first-order valence-electron chi connectivity index (χ1n) is 6.25. The van der Waals surface area contributed by atoms with Crippen molar-refractivity contribution in [2.45, 2.75) is 25.4 Å². The number of methoxy groups -OCH3 is 1. The number of aliphatic hydroxyl groups excluding tert-OH is 2. The molecular weight excluding hydrogens is 246 g/mol. The van der Waals surface area contributed by atoms with Crippen LogP contribution in [0.4, 0.5) is 0 Å². The zero-order valence-electron chi connectivity index (χ0n) is 11.3. The predicted molar refractivity (Wildman–Crippen MR) is 71.8 cm³/mol. The van der Waals surface area contributed by atoms with Gasteiger partial charge in [-0.15, -0.1) is 0 Å². The summed E-state index contributed by atoms with van der Waals surface area (Å²) in [5.74, 6) is -0.367. The van der Waals surface area contributed by atoms with Gasteiger partial charge >= 0.3 is 5.97 Å². The SMILES string of the molecule is CCC(CO)(CO)NCc1ccc(C(=O)OC)cc1. The summed E-state index contributed by atoms with van der Waals surface area (Å²) in [6.07, 6.45) is 0.625. The monoisotopic (exact) mass is 267 g/mol. The highest BCUT2D eigenvalue weighted by molar-refractivity contribution is 5.89. The molecule has 0 heterocycles. The van der Waals surface area contributed by atoms with Gasteiger partial charge in [-0.3, -0.25) is 0 Å². The molecular formula is C14H21NO4. The van der Waals surface area contributed by atoms with Crippen molar-refractivity contribution >= 4 is 5.97 Å². The first-order chi connectivity index (χ1) is 9.10.